The number of carbonyl (C=O) groups is 1. The van der Waals surface area contributed by atoms with Crippen LogP contribution in [-0.4, -0.2) is 94.7 Å². The van der Waals surface area contributed by atoms with Gasteiger partial charge in [-0.1, -0.05) is 11.6 Å². The smallest absolute Gasteiger partial charge is 0.322 e. The molecule has 2 amide bonds. The molecule has 1 aromatic rings. The van der Waals surface area contributed by atoms with Crippen LogP contribution in [-0.2, 0) is 14.9 Å². The highest BCUT2D eigenvalue weighted by Crippen LogP contribution is 2.36. The van der Waals surface area contributed by atoms with Crippen molar-refractivity contribution >= 4 is 33.5 Å². The Bertz CT molecular complexity index is 839. The van der Waals surface area contributed by atoms with Crippen molar-refractivity contribution in [2.45, 2.75) is 0 Å². The second-order valence-corrected chi connectivity index (χ2v) is 8.86. The number of nitrogens with one attached hydrogen (secondary N) is 1. The van der Waals surface area contributed by atoms with E-state index in [4.69, 9.17) is 25.8 Å². The fourth-order valence-corrected chi connectivity index (χ4v) is 5.02. The zero-order chi connectivity index (χ0) is 21.0. The summed E-state index contributed by atoms with van der Waals surface area (Å²) in [6.45, 7) is 2.51. The molecule has 2 fully saturated rings. The van der Waals surface area contributed by atoms with Gasteiger partial charge in [0.15, 0.2) is 0 Å². The van der Waals surface area contributed by atoms with E-state index in [-0.39, 0.29) is 32.2 Å². The number of morpholine rings is 1. The topological polar surface area (TPSA) is 101 Å². The minimum Gasteiger partial charge on any atom is -0.495 e. The number of amides is 2. The van der Waals surface area contributed by atoms with E-state index >= 15 is 0 Å². The molecular weight excluding hydrogens is 424 g/mol. The highest BCUT2D eigenvalue weighted by atomic mass is 35.5. The molecule has 2 heterocycles. The van der Waals surface area contributed by atoms with Gasteiger partial charge in [0.25, 0.3) is 10.2 Å². The Morgan fingerprint density at radius 2 is 1.59 bits per heavy atom. The van der Waals surface area contributed by atoms with Gasteiger partial charge >= 0.3 is 6.03 Å². The second-order valence-electron chi connectivity index (χ2n) is 6.52. The third-order valence-corrected chi connectivity index (χ3v) is 7.19. The largest absolute Gasteiger partial charge is 0.495 e. The molecule has 29 heavy (non-hydrogen) atoms. The third-order valence-electron chi connectivity index (χ3n) is 4.86. The molecule has 12 heteroatoms. The van der Waals surface area contributed by atoms with E-state index < -0.39 is 10.2 Å². The predicted molar refractivity (Wildman–Crippen MR) is 108 cm³/mol. The monoisotopic (exact) mass is 448 g/mol. The van der Waals surface area contributed by atoms with Gasteiger partial charge in [-0.3, -0.25) is 0 Å². The Labute approximate surface area is 175 Å². The minimum atomic E-state index is -3.54. The van der Waals surface area contributed by atoms with Crippen molar-refractivity contribution in [2.24, 2.45) is 0 Å². The molecule has 162 valence electrons. The highest BCUT2D eigenvalue weighted by molar-refractivity contribution is 7.86. The molecule has 2 aliphatic heterocycles. The van der Waals surface area contributed by atoms with Gasteiger partial charge in [-0.05, 0) is 6.07 Å². The summed E-state index contributed by atoms with van der Waals surface area (Å²) < 4.78 is 43.9. The summed E-state index contributed by atoms with van der Waals surface area (Å²) in [5, 5.41) is 3.11. The van der Waals surface area contributed by atoms with Gasteiger partial charge in [0.05, 0.1) is 38.1 Å². The Hall–Kier alpha value is -1.79. The number of methoxy groups -OCH3 is 2. The van der Waals surface area contributed by atoms with Crippen LogP contribution in [0.1, 0.15) is 0 Å². The molecule has 0 aromatic heterocycles. The van der Waals surface area contributed by atoms with Crippen LogP contribution >= 0.6 is 11.6 Å². The van der Waals surface area contributed by atoms with Crippen molar-refractivity contribution in [3.63, 3.8) is 0 Å². The fourth-order valence-electron chi connectivity index (χ4n) is 3.21. The SMILES string of the molecule is COc1cc(OC)c(NC(=O)N2CCN(S(=O)(=O)N3CCOCC3)CC2)cc1Cl. The molecule has 0 spiro atoms. The van der Waals surface area contributed by atoms with Crippen LogP contribution in [0.2, 0.25) is 5.02 Å². The Morgan fingerprint density at radius 1 is 1.00 bits per heavy atom. The lowest BCUT2D eigenvalue weighted by Crippen LogP contribution is -2.56. The van der Waals surface area contributed by atoms with E-state index in [1.165, 1.54) is 22.8 Å². The van der Waals surface area contributed by atoms with E-state index in [0.717, 1.165) is 0 Å². The molecule has 0 saturated carbocycles. The van der Waals surface area contributed by atoms with Crippen molar-refractivity contribution in [1.82, 2.24) is 13.5 Å². The number of benzene rings is 1. The number of rotatable bonds is 5. The van der Waals surface area contributed by atoms with Gasteiger partial charge in [-0.15, -0.1) is 0 Å². The molecule has 2 saturated heterocycles. The maximum absolute atomic E-state index is 12.7. The number of anilines is 1. The first kappa shape index (κ1) is 21.9. The summed E-state index contributed by atoms with van der Waals surface area (Å²) in [7, 11) is -0.571. The van der Waals surface area contributed by atoms with Gasteiger partial charge in [-0.2, -0.15) is 17.0 Å². The average Bonchev–Trinajstić information content (AvgIpc) is 2.74. The van der Waals surface area contributed by atoms with Crippen molar-refractivity contribution in [2.75, 3.05) is 72.0 Å². The van der Waals surface area contributed by atoms with E-state index in [9.17, 15) is 13.2 Å². The summed E-state index contributed by atoms with van der Waals surface area (Å²) in [6.07, 6.45) is 0. The Kier molecular flexibility index (Phi) is 7.06. The predicted octanol–water partition coefficient (Wildman–Crippen LogP) is 1.08. The van der Waals surface area contributed by atoms with Crippen LogP contribution in [0.25, 0.3) is 0 Å². The van der Waals surface area contributed by atoms with E-state index in [1.807, 2.05) is 0 Å². The van der Waals surface area contributed by atoms with E-state index in [1.54, 1.807) is 17.0 Å². The fraction of sp³-hybridized carbons (Fsp3) is 0.588. The van der Waals surface area contributed by atoms with Crippen molar-refractivity contribution in [3.8, 4) is 11.5 Å². The molecule has 1 N–H and O–H groups in total. The normalized spacial score (nSPS) is 19.1. The van der Waals surface area contributed by atoms with Gasteiger partial charge < -0.3 is 24.4 Å². The van der Waals surface area contributed by atoms with Crippen LogP contribution < -0.4 is 14.8 Å². The molecule has 2 aliphatic rings. The average molecular weight is 449 g/mol. The number of piperazine rings is 1. The van der Waals surface area contributed by atoms with Crippen molar-refractivity contribution in [3.05, 3.63) is 17.2 Å². The van der Waals surface area contributed by atoms with E-state index in [2.05, 4.69) is 5.32 Å². The maximum atomic E-state index is 12.7. The van der Waals surface area contributed by atoms with Gasteiger partial charge in [0.1, 0.15) is 11.5 Å². The molecule has 0 aliphatic carbocycles. The maximum Gasteiger partial charge on any atom is 0.322 e. The summed E-state index contributed by atoms with van der Waals surface area (Å²) in [4.78, 5) is 14.2. The molecule has 0 bridgehead atoms. The van der Waals surface area contributed by atoms with Crippen molar-refractivity contribution < 1.29 is 27.4 Å². The van der Waals surface area contributed by atoms with Gasteiger partial charge in [0, 0.05) is 45.3 Å². The number of nitrogens with zero attached hydrogens (tertiary/aromatic N) is 3. The van der Waals surface area contributed by atoms with Crippen LogP contribution in [0.15, 0.2) is 12.1 Å². The molecular formula is C17H25ClN4O6S. The number of urea groups is 1. The molecule has 0 atom stereocenters. The lowest BCUT2D eigenvalue weighted by molar-refractivity contribution is 0.0691. The van der Waals surface area contributed by atoms with E-state index in [0.29, 0.717) is 48.5 Å². The first-order valence-corrected chi connectivity index (χ1v) is 10.9. The zero-order valence-corrected chi connectivity index (χ0v) is 18.0. The Morgan fingerprint density at radius 3 is 2.17 bits per heavy atom. The van der Waals surface area contributed by atoms with Gasteiger partial charge in [0.2, 0.25) is 0 Å². The quantitative estimate of drug-likeness (QED) is 0.723. The standard InChI is InChI=1S/C17H25ClN4O6S/c1-26-15-12-16(27-2)14(11-13(15)18)19-17(23)20-3-5-21(6-4-20)29(24,25)22-7-9-28-10-8-22/h11-12H,3-10H2,1-2H3,(H,19,23). The summed E-state index contributed by atoms with van der Waals surface area (Å²) in [5.41, 5.74) is 0.409. The molecule has 0 radical (unpaired) electrons. The number of hydrogen-bond acceptors (Lipinski definition) is 6. The summed E-state index contributed by atoms with van der Waals surface area (Å²) in [5.74, 6) is 0.844. The lowest BCUT2D eigenvalue weighted by Gasteiger charge is -2.37. The summed E-state index contributed by atoms with van der Waals surface area (Å²) in [6, 6.07) is 2.79. The second kappa shape index (κ2) is 9.35. The minimum absolute atomic E-state index is 0.230. The van der Waals surface area contributed by atoms with Crippen LogP contribution in [0, 0.1) is 0 Å². The van der Waals surface area contributed by atoms with Crippen LogP contribution in [0.5, 0.6) is 11.5 Å². The zero-order valence-electron chi connectivity index (χ0n) is 16.4. The first-order chi connectivity index (χ1) is 13.9. The van der Waals surface area contributed by atoms with Gasteiger partial charge in [-0.25, -0.2) is 4.79 Å². The first-order valence-electron chi connectivity index (χ1n) is 9.17. The third kappa shape index (κ3) is 4.86. The molecule has 10 nitrogen and oxygen atoms in total. The number of ether oxygens (including phenoxy) is 3. The van der Waals surface area contributed by atoms with Crippen LogP contribution in [0.3, 0.4) is 0 Å². The highest BCUT2D eigenvalue weighted by Gasteiger charge is 2.34. The number of carbonyl (C=O) groups excluding carboxylic acids is 1. The number of hydrogen-bond donors (Lipinski definition) is 1. The number of halogens is 1. The summed E-state index contributed by atoms with van der Waals surface area (Å²) >= 11 is 6.14. The molecule has 3 rings (SSSR count). The molecule has 1 aromatic carbocycles. The molecule has 0 unspecified atom stereocenters. The van der Waals surface area contributed by atoms with Crippen LogP contribution in [0.4, 0.5) is 10.5 Å². The van der Waals surface area contributed by atoms with Crippen molar-refractivity contribution in [1.29, 1.82) is 0 Å². The lowest BCUT2D eigenvalue weighted by atomic mass is 10.2. The Balaban J connectivity index is 1.61.